The van der Waals surface area contributed by atoms with Crippen LogP contribution in [0.25, 0.3) is 0 Å². The molecule has 1 aromatic rings. The van der Waals surface area contributed by atoms with Crippen molar-refractivity contribution in [1.29, 1.82) is 0 Å². The maximum absolute atomic E-state index is 4.27. The van der Waals surface area contributed by atoms with Gasteiger partial charge in [-0.3, -0.25) is 4.68 Å². The van der Waals surface area contributed by atoms with E-state index in [9.17, 15) is 0 Å². The molecule has 2 N–H and O–H groups in total. The zero-order valence-electron chi connectivity index (χ0n) is 11.5. The van der Waals surface area contributed by atoms with Gasteiger partial charge >= 0.3 is 0 Å². The van der Waals surface area contributed by atoms with Crippen molar-refractivity contribution in [2.75, 3.05) is 6.54 Å². The molecule has 1 fully saturated rings. The van der Waals surface area contributed by atoms with E-state index in [1.165, 1.54) is 38.6 Å². The van der Waals surface area contributed by atoms with Crippen LogP contribution in [-0.2, 0) is 13.6 Å². The van der Waals surface area contributed by atoms with Crippen LogP contribution in [0.1, 0.15) is 44.9 Å². The van der Waals surface area contributed by atoms with Gasteiger partial charge in [-0.25, -0.2) is 4.98 Å². The number of aryl methyl sites for hydroxylation is 1. The molecule has 1 saturated heterocycles. The van der Waals surface area contributed by atoms with E-state index in [1.54, 1.807) is 11.0 Å². The number of hydrogen-bond acceptors (Lipinski definition) is 4. The summed E-state index contributed by atoms with van der Waals surface area (Å²) in [6, 6.07) is 1.18. The van der Waals surface area contributed by atoms with Gasteiger partial charge in [0.2, 0.25) is 0 Å². The minimum atomic E-state index is 0.504. The van der Waals surface area contributed by atoms with E-state index < -0.39 is 0 Å². The lowest BCUT2D eigenvalue weighted by molar-refractivity contribution is 0.399. The van der Waals surface area contributed by atoms with Gasteiger partial charge in [-0.15, -0.1) is 0 Å². The molecule has 0 bridgehead atoms. The Morgan fingerprint density at radius 1 is 1.50 bits per heavy atom. The normalized spacial score (nSPS) is 22.7. The minimum Gasteiger partial charge on any atom is -0.314 e. The SMILES string of the molecule is CC(CC1CCCCCN1)NCc1ncn(C)n1. The van der Waals surface area contributed by atoms with Gasteiger partial charge in [0.1, 0.15) is 6.33 Å². The first-order valence-electron chi connectivity index (χ1n) is 7.05. The number of hydrogen-bond donors (Lipinski definition) is 2. The van der Waals surface area contributed by atoms with Crippen LogP contribution in [0.4, 0.5) is 0 Å². The third kappa shape index (κ3) is 4.38. The van der Waals surface area contributed by atoms with Gasteiger partial charge in [0.25, 0.3) is 0 Å². The molecule has 0 saturated carbocycles. The summed E-state index contributed by atoms with van der Waals surface area (Å²) in [6.45, 7) is 4.18. The van der Waals surface area contributed by atoms with Crippen molar-refractivity contribution in [3.05, 3.63) is 12.2 Å². The fourth-order valence-corrected chi connectivity index (χ4v) is 2.54. The Balaban J connectivity index is 1.69. The fraction of sp³-hybridized carbons (Fsp3) is 0.846. The van der Waals surface area contributed by atoms with Crippen molar-refractivity contribution in [3.8, 4) is 0 Å². The average Bonchev–Trinajstić information content (AvgIpc) is 2.60. The summed E-state index contributed by atoms with van der Waals surface area (Å²) >= 11 is 0. The molecule has 1 aliphatic heterocycles. The Bertz CT molecular complexity index is 341. The molecule has 1 aromatic heterocycles. The molecule has 0 radical (unpaired) electrons. The van der Waals surface area contributed by atoms with Gasteiger partial charge in [-0.05, 0) is 32.7 Å². The highest BCUT2D eigenvalue weighted by Gasteiger charge is 2.14. The third-order valence-electron chi connectivity index (χ3n) is 3.56. The van der Waals surface area contributed by atoms with Crippen molar-refractivity contribution in [2.45, 2.75) is 57.7 Å². The van der Waals surface area contributed by atoms with E-state index in [4.69, 9.17) is 0 Å². The van der Waals surface area contributed by atoms with E-state index in [1.807, 2.05) is 7.05 Å². The molecular weight excluding hydrogens is 226 g/mol. The van der Waals surface area contributed by atoms with Gasteiger partial charge < -0.3 is 10.6 Å². The van der Waals surface area contributed by atoms with Crippen LogP contribution in [0.2, 0.25) is 0 Å². The number of rotatable bonds is 5. The molecule has 2 unspecified atom stereocenters. The second-order valence-electron chi connectivity index (χ2n) is 5.35. The first-order chi connectivity index (χ1) is 8.74. The lowest BCUT2D eigenvalue weighted by atomic mass is 10.0. The highest BCUT2D eigenvalue weighted by molar-refractivity contribution is 4.82. The third-order valence-corrected chi connectivity index (χ3v) is 3.56. The van der Waals surface area contributed by atoms with Crippen molar-refractivity contribution < 1.29 is 0 Å². The Hall–Kier alpha value is -0.940. The Labute approximate surface area is 109 Å². The summed E-state index contributed by atoms with van der Waals surface area (Å²) in [4.78, 5) is 4.22. The first-order valence-corrected chi connectivity index (χ1v) is 7.05. The lowest BCUT2D eigenvalue weighted by Crippen LogP contribution is -2.36. The number of nitrogens with one attached hydrogen (secondary N) is 2. The number of nitrogens with zero attached hydrogens (tertiary/aromatic N) is 3. The standard InChI is InChI=1S/C13H25N5/c1-11(8-12-6-4-3-5-7-14-12)15-9-13-16-10-18(2)17-13/h10-12,14-15H,3-9H2,1-2H3. The van der Waals surface area contributed by atoms with E-state index in [2.05, 4.69) is 27.6 Å². The van der Waals surface area contributed by atoms with Gasteiger partial charge in [0, 0.05) is 19.1 Å². The molecular formula is C13H25N5. The largest absolute Gasteiger partial charge is 0.314 e. The van der Waals surface area contributed by atoms with Gasteiger partial charge in [-0.1, -0.05) is 12.8 Å². The predicted octanol–water partition coefficient (Wildman–Crippen LogP) is 1.22. The van der Waals surface area contributed by atoms with E-state index in [-0.39, 0.29) is 0 Å². The molecule has 0 amide bonds. The van der Waals surface area contributed by atoms with Crippen LogP contribution in [-0.4, -0.2) is 33.4 Å². The van der Waals surface area contributed by atoms with Crippen molar-refractivity contribution in [3.63, 3.8) is 0 Å². The molecule has 0 aromatic carbocycles. The van der Waals surface area contributed by atoms with Crippen LogP contribution in [0.15, 0.2) is 6.33 Å². The zero-order chi connectivity index (χ0) is 12.8. The maximum Gasteiger partial charge on any atom is 0.164 e. The van der Waals surface area contributed by atoms with Crippen LogP contribution < -0.4 is 10.6 Å². The predicted molar refractivity (Wildman–Crippen MR) is 72.2 cm³/mol. The summed E-state index contributed by atoms with van der Waals surface area (Å²) in [5.41, 5.74) is 0. The summed E-state index contributed by atoms with van der Waals surface area (Å²) in [5, 5.41) is 11.4. The summed E-state index contributed by atoms with van der Waals surface area (Å²) in [6.07, 6.45) is 8.32. The first kappa shape index (κ1) is 13.5. The van der Waals surface area contributed by atoms with Crippen molar-refractivity contribution in [1.82, 2.24) is 25.4 Å². The Morgan fingerprint density at radius 3 is 3.17 bits per heavy atom. The molecule has 102 valence electrons. The highest BCUT2D eigenvalue weighted by atomic mass is 15.3. The summed E-state index contributed by atoms with van der Waals surface area (Å²) in [7, 11) is 1.90. The van der Waals surface area contributed by atoms with Crippen LogP contribution in [0.3, 0.4) is 0 Å². The van der Waals surface area contributed by atoms with E-state index in [0.717, 1.165) is 12.4 Å². The molecule has 0 aliphatic carbocycles. The van der Waals surface area contributed by atoms with Gasteiger partial charge in [0.05, 0.1) is 6.54 Å². The molecule has 0 spiro atoms. The summed E-state index contributed by atoms with van der Waals surface area (Å²) in [5.74, 6) is 0.873. The monoisotopic (exact) mass is 251 g/mol. The Kier molecular flexibility index (Phi) is 5.13. The zero-order valence-corrected chi connectivity index (χ0v) is 11.5. The molecule has 2 rings (SSSR count). The van der Waals surface area contributed by atoms with Crippen LogP contribution in [0, 0.1) is 0 Å². The molecule has 2 heterocycles. The second kappa shape index (κ2) is 6.85. The van der Waals surface area contributed by atoms with Crippen LogP contribution >= 0.6 is 0 Å². The van der Waals surface area contributed by atoms with Crippen LogP contribution in [0.5, 0.6) is 0 Å². The average molecular weight is 251 g/mol. The smallest absolute Gasteiger partial charge is 0.164 e. The van der Waals surface area contributed by atoms with E-state index in [0.29, 0.717) is 12.1 Å². The lowest BCUT2D eigenvalue weighted by Gasteiger charge is -2.21. The quantitative estimate of drug-likeness (QED) is 0.826. The highest BCUT2D eigenvalue weighted by Crippen LogP contribution is 2.12. The number of aromatic nitrogens is 3. The topological polar surface area (TPSA) is 54.8 Å². The van der Waals surface area contributed by atoms with Crippen molar-refractivity contribution >= 4 is 0 Å². The maximum atomic E-state index is 4.27. The van der Waals surface area contributed by atoms with Gasteiger partial charge in [0.15, 0.2) is 5.82 Å². The fourth-order valence-electron chi connectivity index (χ4n) is 2.54. The molecule has 5 heteroatoms. The molecule has 1 aliphatic rings. The second-order valence-corrected chi connectivity index (χ2v) is 5.35. The van der Waals surface area contributed by atoms with Crippen molar-refractivity contribution in [2.24, 2.45) is 7.05 Å². The summed E-state index contributed by atoms with van der Waals surface area (Å²) < 4.78 is 1.74. The molecule has 2 atom stereocenters. The molecule has 18 heavy (non-hydrogen) atoms. The van der Waals surface area contributed by atoms with E-state index >= 15 is 0 Å². The Morgan fingerprint density at radius 2 is 2.39 bits per heavy atom. The minimum absolute atomic E-state index is 0.504. The van der Waals surface area contributed by atoms with Gasteiger partial charge in [-0.2, -0.15) is 5.10 Å². The molecule has 5 nitrogen and oxygen atoms in total.